The van der Waals surface area contributed by atoms with E-state index in [9.17, 15) is 4.79 Å². The highest BCUT2D eigenvalue weighted by atomic mass is 32.2. The van der Waals surface area contributed by atoms with Crippen LogP contribution in [0.3, 0.4) is 0 Å². The smallest absolute Gasteiger partial charge is 0.233 e. The van der Waals surface area contributed by atoms with E-state index in [1.54, 1.807) is 0 Å². The second kappa shape index (κ2) is 8.82. The van der Waals surface area contributed by atoms with Gasteiger partial charge in [-0.1, -0.05) is 66.7 Å². The Balaban J connectivity index is 1.58. The largest absolute Gasteiger partial charge is 0.342 e. The fraction of sp³-hybridized carbons (Fsp3) is 0.348. The molecule has 5 nitrogen and oxygen atoms in total. The molecule has 0 radical (unpaired) electrons. The number of aromatic nitrogens is 3. The lowest BCUT2D eigenvalue weighted by Crippen LogP contribution is -2.38. The van der Waals surface area contributed by atoms with E-state index in [1.165, 1.54) is 17.3 Å². The molecule has 1 aliphatic rings. The molecule has 0 aliphatic carbocycles. The first-order valence-electron chi connectivity index (χ1n) is 10.1. The Morgan fingerprint density at radius 3 is 2.41 bits per heavy atom. The topological polar surface area (TPSA) is 51.0 Å². The number of hydrogen-bond donors (Lipinski definition) is 0. The summed E-state index contributed by atoms with van der Waals surface area (Å²) in [6.07, 6.45) is 2.18. The van der Waals surface area contributed by atoms with E-state index >= 15 is 0 Å². The number of nitrogens with zero attached hydrogens (tertiary/aromatic N) is 4. The summed E-state index contributed by atoms with van der Waals surface area (Å²) in [5.74, 6) is 2.07. The Kier molecular flexibility index (Phi) is 6.00. The van der Waals surface area contributed by atoms with Crippen LogP contribution in [0.2, 0.25) is 0 Å². The molecule has 0 saturated carbocycles. The zero-order chi connectivity index (χ0) is 20.2. The summed E-state index contributed by atoms with van der Waals surface area (Å²) in [4.78, 5) is 14.7. The van der Waals surface area contributed by atoms with Crippen LogP contribution in [0.1, 0.15) is 25.3 Å². The second-order valence-electron chi connectivity index (χ2n) is 7.70. The Morgan fingerprint density at radius 2 is 1.72 bits per heavy atom. The Bertz CT molecular complexity index is 960. The molecule has 2 heterocycles. The molecule has 0 unspecified atom stereocenters. The van der Waals surface area contributed by atoms with Crippen molar-refractivity contribution >= 4 is 17.7 Å². The molecule has 150 valence electrons. The minimum atomic E-state index is 0.182. The minimum absolute atomic E-state index is 0.182. The van der Waals surface area contributed by atoms with Crippen molar-refractivity contribution in [2.45, 2.75) is 31.8 Å². The molecular formula is C23H26N4OS. The van der Waals surface area contributed by atoms with Gasteiger partial charge in [0.25, 0.3) is 0 Å². The van der Waals surface area contributed by atoms with E-state index in [-0.39, 0.29) is 5.91 Å². The molecule has 0 bridgehead atoms. The molecule has 1 amide bonds. The van der Waals surface area contributed by atoms with E-state index in [0.29, 0.717) is 11.7 Å². The van der Waals surface area contributed by atoms with Crippen molar-refractivity contribution in [1.82, 2.24) is 19.7 Å². The number of thioether (sulfide) groups is 1. The second-order valence-corrected chi connectivity index (χ2v) is 8.64. The summed E-state index contributed by atoms with van der Waals surface area (Å²) in [6.45, 7) is 6.05. The summed E-state index contributed by atoms with van der Waals surface area (Å²) in [7, 11) is 0. The first-order valence-corrected chi connectivity index (χ1v) is 11.1. The van der Waals surface area contributed by atoms with Crippen LogP contribution in [0.15, 0.2) is 59.8 Å². The van der Waals surface area contributed by atoms with E-state index < -0.39 is 0 Å². The number of carbonyl (C=O) groups excluding carboxylic acids is 1. The lowest BCUT2D eigenvalue weighted by atomic mass is 9.99. The monoisotopic (exact) mass is 406 g/mol. The summed E-state index contributed by atoms with van der Waals surface area (Å²) in [5, 5.41) is 9.63. The number of aryl methyl sites for hydroxylation is 1. The van der Waals surface area contributed by atoms with Gasteiger partial charge in [-0.3, -0.25) is 9.36 Å². The molecule has 4 rings (SSSR count). The predicted molar refractivity (Wildman–Crippen MR) is 117 cm³/mol. The lowest BCUT2D eigenvalue weighted by Gasteiger charge is -2.30. The van der Waals surface area contributed by atoms with Gasteiger partial charge in [-0.2, -0.15) is 0 Å². The van der Waals surface area contributed by atoms with Gasteiger partial charge in [0.1, 0.15) is 0 Å². The molecule has 2 aromatic carbocycles. The predicted octanol–water partition coefficient (Wildman–Crippen LogP) is 4.59. The number of hydrogen-bond acceptors (Lipinski definition) is 4. The fourth-order valence-corrected chi connectivity index (χ4v) is 4.39. The van der Waals surface area contributed by atoms with Crippen LogP contribution in [0, 0.1) is 12.8 Å². The molecule has 0 spiro atoms. The molecule has 1 saturated heterocycles. The molecule has 0 N–H and O–H groups in total. The first kappa shape index (κ1) is 19.7. The number of likely N-dealkylation sites (tertiary alicyclic amines) is 1. The zero-order valence-electron chi connectivity index (χ0n) is 16.9. The number of carbonyl (C=O) groups is 1. The van der Waals surface area contributed by atoms with E-state index in [2.05, 4.69) is 48.3 Å². The average molecular weight is 407 g/mol. The molecule has 1 aliphatic heterocycles. The van der Waals surface area contributed by atoms with Crippen molar-refractivity contribution < 1.29 is 4.79 Å². The van der Waals surface area contributed by atoms with Gasteiger partial charge in [-0.25, -0.2) is 0 Å². The molecule has 29 heavy (non-hydrogen) atoms. The average Bonchev–Trinajstić information content (AvgIpc) is 3.17. The van der Waals surface area contributed by atoms with Gasteiger partial charge < -0.3 is 4.90 Å². The van der Waals surface area contributed by atoms with Crippen LogP contribution < -0.4 is 0 Å². The zero-order valence-corrected chi connectivity index (χ0v) is 17.7. The van der Waals surface area contributed by atoms with Gasteiger partial charge >= 0.3 is 0 Å². The number of rotatable bonds is 5. The van der Waals surface area contributed by atoms with Gasteiger partial charge in [0.2, 0.25) is 5.91 Å². The summed E-state index contributed by atoms with van der Waals surface area (Å²) < 4.78 is 2.04. The van der Waals surface area contributed by atoms with Gasteiger partial charge in [0.05, 0.1) is 5.75 Å². The maximum absolute atomic E-state index is 12.7. The third kappa shape index (κ3) is 4.53. The molecule has 1 aromatic heterocycles. The number of para-hydroxylation sites is 1. The lowest BCUT2D eigenvalue weighted by molar-refractivity contribution is -0.129. The number of benzene rings is 2. The maximum Gasteiger partial charge on any atom is 0.233 e. The SMILES string of the molecule is Cc1ccc(-c2nnc(SCC(=O)N3CCC(C)CC3)n2-c2ccccc2)cc1. The molecule has 1 fully saturated rings. The standard InChI is InChI=1S/C23H26N4OS/c1-17-8-10-19(11-9-17)22-24-25-23(27(22)20-6-4-3-5-7-20)29-16-21(28)26-14-12-18(2)13-15-26/h3-11,18H,12-16H2,1-2H3. The Labute approximate surface area is 176 Å². The van der Waals surface area contributed by atoms with Crippen molar-refractivity contribution in [1.29, 1.82) is 0 Å². The first-order chi connectivity index (χ1) is 14.1. The normalized spacial score (nSPS) is 14.9. The van der Waals surface area contributed by atoms with Crippen molar-refractivity contribution in [3.05, 3.63) is 60.2 Å². The highest BCUT2D eigenvalue weighted by Crippen LogP contribution is 2.28. The van der Waals surface area contributed by atoms with E-state index in [0.717, 1.165) is 48.2 Å². The minimum Gasteiger partial charge on any atom is -0.342 e. The summed E-state index contributed by atoms with van der Waals surface area (Å²) >= 11 is 1.46. The molecule has 0 atom stereocenters. The number of piperidine rings is 1. The van der Waals surface area contributed by atoms with Crippen LogP contribution in [0.25, 0.3) is 17.1 Å². The summed E-state index contributed by atoms with van der Waals surface area (Å²) in [5.41, 5.74) is 3.21. The Hall–Kier alpha value is -2.60. The van der Waals surface area contributed by atoms with Gasteiger partial charge in [-0.15, -0.1) is 10.2 Å². The Morgan fingerprint density at radius 1 is 1.03 bits per heavy atom. The number of amides is 1. The van der Waals surface area contributed by atoms with Crippen molar-refractivity contribution in [2.75, 3.05) is 18.8 Å². The van der Waals surface area contributed by atoms with Crippen LogP contribution >= 0.6 is 11.8 Å². The van der Waals surface area contributed by atoms with Gasteiger partial charge in [0.15, 0.2) is 11.0 Å². The van der Waals surface area contributed by atoms with Crippen molar-refractivity contribution in [3.8, 4) is 17.1 Å². The molecular weight excluding hydrogens is 380 g/mol. The molecule has 3 aromatic rings. The van der Waals surface area contributed by atoms with Crippen LogP contribution in [0.4, 0.5) is 0 Å². The highest BCUT2D eigenvalue weighted by Gasteiger charge is 2.22. The maximum atomic E-state index is 12.7. The quantitative estimate of drug-likeness (QED) is 0.582. The van der Waals surface area contributed by atoms with Gasteiger partial charge in [-0.05, 0) is 37.8 Å². The third-order valence-electron chi connectivity index (χ3n) is 5.42. The fourth-order valence-electron chi connectivity index (χ4n) is 3.54. The van der Waals surface area contributed by atoms with Crippen LogP contribution in [-0.4, -0.2) is 44.4 Å². The van der Waals surface area contributed by atoms with Gasteiger partial charge in [0, 0.05) is 24.3 Å². The van der Waals surface area contributed by atoms with Crippen LogP contribution in [0.5, 0.6) is 0 Å². The highest BCUT2D eigenvalue weighted by molar-refractivity contribution is 7.99. The van der Waals surface area contributed by atoms with E-state index in [1.807, 2.05) is 39.8 Å². The third-order valence-corrected chi connectivity index (χ3v) is 6.33. The van der Waals surface area contributed by atoms with Crippen molar-refractivity contribution in [3.63, 3.8) is 0 Å². The van der Waals surface area contributed by atoms with E-state index in [4.69, 9.17) is 0 Å². The molecule has 6 heteroatoms. The summed E-state index contributed by atoms with van der Waals surface area (Å²) in [6, 6.07) is 18.4. The van der Waals surface area contributed by atoms with Crippen molar-refractivity contribution in [2.24, 2.45) is 5.92 Å². The van der Waals surface area contributed by atoms with Crippen LogP contribution in [-0.2, 0) is 4.79 Å².